The van der Waals surface area contributed by atoms with Crippen LogP contribution in [0.15, 0.2) is 42.7 Å². The maximum absolute atomic E-state index is 9.60. The van der Waals surface area contributed by atoms with Crippen LogP contribution in [0.1, 0.15) is 22.6 Å². The molecule has 1 aromatic carbocycles. The third-order valence-electron chi connectivity index (χ3n) is 3.17. The summed E-state index contributed by atoms with van der Waals surface area (Å²) in [5.41, 5.74) is 3.39. The molecule has 0 saturated heterocycles. The number of aromatic nitrogens is 1. The minimum Gasteiger partial charge on any atom is -0.396 e. The van der Waals surface area contributed by atoms with Gasteiger partial charge >= 0.3 is 0 Å². The van der Waals surface area contributed by atoms with E-state index in [2.05, 4.69) is 24.0 Å². The number of hydrogen-bond donors (Lipinski definition) is 1. The summed E-state index contributed by atoms with van der Waals surface area (Å²) >= 11 is 6.11. The molecule has 18 heavy (non-hydrogen) atoms. The van der Waals surface area contributed by atoms with E-state index in [0.717, 1.165) is 12.0 Å². The summed E-state index contributed by atoms with van der Waals surface area (Å²) in [6.45, 7) is 2.18. The number of aryl methyl sites for hydroxylation is 1. The largest absolute Gasteiger partial charge is 0.396 e. The Hall–Kier alpha value is -1.38. The zero-order valence-corrected chi connectivity index (χ0v) is 11.1. The van der Waals surface area contributed by atoms with Crippen LogP contribution in [-0.2, 0) is 6.42 Å². The second kappa shape index (κ2) is 5.98. The van der Waals surface area contributed by atoms with Gasteiger partial charge in [0.15, 0.2) is 0 Å². The SMILES string of the molecule is Cc1ccccc1C(CO)Cc1ccncc1Cl. The summed E-state index contributed by atoms with van der Waals surface area (Å²) in [4.78, 5) is 3.97. The lowest BCUT2D eigenvalue weighted by molar-refractivity contribution is 0.264. The Kier molecular flexibility index (Phi) is 4.34. The molecule has 0 saturated carbocycles. The molecule has 1 atom stereocenters. The highest BCUT2D eigenvalue weighted by Crippen LogP contribution is 2.26. The number of hydrogen-bond acceptors (Lipinski definition) is 2. The van der Waals surface area contributed by atoms with Gasteiger partial charge in [-0.1, -0.05) is 35.9 Å². The van der Waals surface area contributed by atoms with Crippen LogP contribution in [0.4, 0.5) is 0 Å². The molecule has 0 aliphatic rings. The maximum atomic E-state index is 9.60. The van der Waals surface area contributed by atoms with Gasteiger partial charge in [-0.3, -0.25) is 4.98 Å². The van der Waals surface area contributed by atoms with Gasteiger partial charge in [0, 0.05) is 18.3 Å². The number of aliphatic hydroxyl groups excluding tert-OH is 1. The van der Waals surface area contributed by atoms with Crippen molar-refractivity contribution in [2.45, 2.75) is 19.3 Å². The van der Waals surface area contributed by atoms with E-state index in [0.29, 0.717) is 5.02 Å². The van der Waals surface area contributed by atoms with E-state index in [9.17, 15) is 5.11 Å². The van der Waals surface area contributed by atoms with E-state index in [4.69, 9.17) is 11.6 Å². The van der Waals surface area contributed by atoms with Crippen molar-refractivity contribution in [3.05, 3.63) is 64.4 Å². The normalized spacial score (nSPS) is 12.4. The van der Waals surface area contributed by atoms with Gasteiger partial charge in [-0.05, 0) is 36.1 Å². The standard InChI is InChI=1S/C15H16ClNO/c1-11-4-2-3-5-14(11)13(10-18)8-12-6-7-17-9-15(12)16/h2-7,9,13,18H,8,10H2,1H3. The number of nitrogens with zero attached hydrogens (tertiary/aromatic N) is 1. The maximum Gasteiger partial charge on any atom is 0.0621 e. The molecule has 2 rings (SSSR count). The predicted octanol–water partition coefficient (Wildman–Crippen LogP) is 3.36. The molecule has 0 amide bonds. The van der Waals surface area contributed by atoms with E-state index in [1.807, 2.05) is 18.2 Å². The van der Waals surface area contributed by atoms with Crippen LogP contribution in [0, 0.1) is 6.92 Å². The van der Waals surface area contributed by atoms with Crippen molar-refractivity contribution in [1.82, 2.24) is 4.98 Å². The average Bonchev–Trinajstić information content (AvgIpc) is 2.39. The lowest BCUT2D eigenvalue weighted by Gasteiger charge is -2.17. The van der Waals surface area contributed by atoms with Crippen LogP contribution in [0.5, 0.6) is 0 Å². The Morgan fingerprint density at radius 1 is 1.28 bits per heavy atom. The van der Waals surface area contributed by atoms with Gasteiger partial charge < -0.3 is 5.11 Å². The molecule has 1 heterocycles. The summed E-state index contributed by atoms with van der Waals surface area (Å²) < 4.78 is 0. The van der Waals surface area contributed by atoms with Crippen molar-refractivity contribution in [2.24, 2.45) is 0 Å². The average molecular weight is 262 g/mol. The van der Waals surface area contributed by atoms with E-state index in [1.165, 1.54) is 11.1 Å². The summed E-state index contributed by atoms with van der Waals surface area (Å²) in [6.07, 6.45) is 4.10. The fourth-order valence-electron chi connectivity index (χ4n) is 2.15. The summed E-state index contributed by atoms with van der Waals surface area (Å²) in [6, 6.07) is 10.0. The van der Waals surface area contributed by atoms with Gasteiger partial charge in [0.2, 0.25) is 0 Å². The number of halogens is 1. The molecule has 3 heteroatoms. The molecule has 2 nitrogen and oxygen atoms in total. The summed E-state index contributed by atoms with van der Waals surface area (Å²) in [5, 5.41) is 10.3. The molecule has 1 N–H and O–H groups in total. The molecule has 0 bridgehead atoms. The molecule has 0 radical (unpaired) electrons. The second-order valence-corrected chi connectivity index (χ2v) is 4.81. The molecule has 1 unspecified atom stereocenters. The van der Waals surface area contributed by atoms with Crippen molar-refractivity contribution < 1.29 is 5.11 Å². The molecule has 0 fully saturated rings. The molecule has 94 valence electrons. The fraction of sp³-hybridized carbons (Fsp3) is 0.267. The van der Waals surface area contributed by atoms with Crippen LogP contribution in [0.2, 0.25) is 5.02 Å². The third kappa shape index (κ3) is 2.89. The Balaban J connectivity index is 2.26. The zero-order valence-electron chi connectivity index (χ0n) is 10.3. The van der Waals surface area contributed by atoms with Gasteiger partial charge in [-0.2, -0.15) is 0 Å². The number of benzene rings is 1. The van der Waals surface area contributed by atoms with Crippen LogP contribution < -0.4 is 0 Å². The van der Waals surface area contributed by atoms with Gasteiger partial charge in [-0.15, -0.1) is 0 Å². The quantitative estimate of drug-likeness (QED) is 0.916. The van der Waals surface area contributed by atoms with Gasteiger partial charge in [0.1, 0.15) is 0 Å². The highest BCUT2D eigenvalue weighted by Gasteiger charge is 2.14. The van der Waals surface area contributed by atoms with Crippen molar-refractivity contribution in [3.8, 4) is 0 Å². The summed E-state index contributed by atoms with van der Waals surface area (Å²) in [7, 11) is 0. The van der Waals surface area contributed by atoms with E-state index >= 15 is 0 Å². The molecule has 0 aliphatic carbocycles. The van der Waals surface area contributed by atoms with Crippen molar-refractivity contribution in [2.75, 3.05) is 6.61 Å². The van der Waals surface area contributed by atoms with Crippen LogP contribution in [0.25, 0.3) is 0 Å². The lowest BCUT2D eigenvalue weighted by Crippen LogP contribution is -2.09. The smallest absolute Gasteiger partial charge is 0.0621 e. The third-order valence-corrected chi connectivity index (χ3v) is 3.51. The number of rotatable bonds is 4. The monoisotopic (exact) mass is 261 g/mol. The molecule has 0 spiro atoms. The first-order chi connectivity index (χ1) is 8.72. The summed E-state index contributed by atoms with van der Waals surface area (Å²) in [5.74, 6) is 0.0751. The van der Waals surface area contributed by atoms with Crippen LogP contribution >= 0.6 is 11.6 Å². The minimum absolute atomic E-state index is 0.0751. The molecular formula is C15H16ClNO. The van der Waals surface area contributed by atoms with Gasteiger partial charge in [0.05, 0.1) is 11.6 Å². The molecule has 1 aromatic heterocycles. The lowest BCUT2D eigenvalue weighted by atomic mass is 9.90. The number of pyridine rings is 1. The first kappa shape index (κ1) is 13.1. The van der Waals surface area contributed by atoms with Crippen molar-refractivity contribution in [3.63, 3.8) is 0 Å². The van der Waals surface area contributed by atoms with Gasteiger partial charge in [0.25, 0.3) is 0 Å². The van der Waals surface area contributed by atoms with Gasteiger partial charge in [-0.25, -0.2) is 0 Å². The fourth-order valence-corrected chi connectivity index (χ4v) is 2.35. The van der Waals surface area contributed by atoms with E-state index in [-0.39, 0.29) is 12.5 Å². The van der Waals surface area contributed by atoms with E-state index in [1.54, 1.807) is 12.4 Å². The highest BCUT2D eigenvalue weighted by molar-refractivity contribution is 6.31. The minimum atomic E-state index is 0.0751. The van der Waals surface area contributed by atoms with Crippen molar-refractivity contribution >= 4 is 11.6 Å². The Labute approximate surface area is 112 Å². The molecule has 2 aromatic rings. The Morgan fingerprint density at radius 2 is 2.06 bits per heavy atom. The molecular weight excluding hydrogens is 246 g/mol. The second-order valence-electron chi connectivity index (χ2n) is 4.41. The van der Waals surface area contributed by atoms with E-state index < -0.39 is 0 Å². The number of aliphatic hydroxyl groups is 1. The van der Waals surface area contributed by atoms with Crippen LogP contribution in [0.3, 0.4) is 0 Å². The Morgan fingerprint density at radius 3 is 2.72 bits per heavy atom. The predicted molar refractivity (Wildman–Crippen MR) is 74.0 cm³/mol. The topological polar surface area (TPSA) is 33.1 Å². The van der Waals surface area contributed by atoms with Crippen LogP contribution in [-0.4, -0.2) is 16.7 Å². The first-order valence-electron chi connectivity index (χ1n) is 5.97. The zero-order chi connectivity index (χ0) is 13.0. The first-order valence-corrected chi connectivity index (χ1v) is 6.35. The van der Waals surface area contributed by atoms with Crippen molar-refractivity contribution in [1.29, 1.82) is 0 Å². The Bertz CT molecular complexity index is 527. The highest BCUT2D eigenvalue weighted by atomic mass is 35.5. The molecule has 0 aliphatic heterocycles.